The van der Waals surface area contributed by atoms with Crippen LogP contribution in [0.25, 0.3) is 11.1 Å². The number of phenolic OH excluding ortho intramolecular Hbond substituents is 1. The zero-order valence-corrected chi connectivity index (χ0v) is 14.3. The molecule has 1 N–H and O–H groups in total. The predicted octanol–water partition coefficient (Wildman–Crippen LogP) is 3.39. The molecule has 4 rings (SSSR count). The van der Waals surface area contributed by atoms with Gasteiger partial charge in [-0.05, 0) is 35.7 Å². The van der Waals surface area contributed by atoms with E-state index in [1.165, 1.54) is 12.3 Å². The van der Waals surface area contributed by atoms with Crippen LogP contribution in [0.4, 0.5) is 0 Å². The van der Waals surface area contributed by atoms with Gasteiger partial charge < -0.3 is 19.3 Å². The van der Waals surface area contributed by atoms with Crippen LogP contribution in [0.3, 0.4) is 0 Å². The second-order valence-corrected chi connectivity index (χ2v) is 6.26. The number of aromatic hydroxyl groups is 1. The number of hydrogen-bond donors (Lipinski definition) is 1. The second-order valence-electron chi connectivity index (χ2n) is 6.26. The predicted molar refractivity (Wildman–Crippen MR) is 95.0 cm³/mol. The van der Waals surface area contributed by atoms with Gasteiger partial charge in [0.1, 0.15) is 12.9 Å². The third-order valence-corrected chi connectivity index (χ3v) is 4.52. The molecule has 1 aliphatic heterocycles. The number of carbonyl (C=O) groups excluding carboxylic acids is 1. The fourth-order valence-corrected chi connectivity index (χ4v) is 3.21. The first-order chi connectivity index (χ1) is 12.6. The first kappa shape index (κ1) is 16.2. The average Bonchev–Trinajstić information content (AvgIpc) is 3.08. The molecule has 26 heavy (non-hydrogen) atoms. The molecule has 0 atom stereocenters. The summed E-state index contributed by atoms with van der Waals surface area (Å²) in [7, 11) is 0. The van der Waals surface area contributed by atoms with Crippen LogP contribution < -0.4 is 4.74 Å². The molecule has 0 saturated carbocycles. The van der Waals surface area contributed by atoms with Gasteiger partial charge in [0, 0.05) is 18.2 Å². The van der Waals surface area contributed by atoms with E-state index in [9.17, 15) is 9.90 Å². The maximum absolute atomic E-state index is 12.6. The van der Waals surface area contributed by atoms with Gasteiger partial charge in [-0.3, -0.25) is 4.79 Å². The monoisotopic (exact) mass is 350 g/mol. The van der Waals surface area contributed by atoms with Crippen LogP contribution in [0.2, 0.25) is 0 Å². The molecule has 1 aliphatic rings. The summed E-state index contributed by atoms with van der Waals surface area (Å²) in [5, 5.41) is 14.2. The summed E-state index contributed by atoms with van der Waals surface area (Å²) in [5.74, 6) is 0.283. The Morgan fingerprint density at radius 3 is 2.85 bits per heavy atom. The van der Waals surface area contributed by atoms with E-state index >= 15 is 0 Å². The van der Waals surface area contributed by atoms with Crippen molar-refractivity contribution >= 4 is 5.91 Å². The first-order valence-corrected chi connectivity index (χ1v) is 8.38. The van der Waals surface area contributed by atoms with Gasteiger partial charge >= 0.3 is 0 Å². The lowest BCUT2D eigenvalue weighted by Crippen LogP contribution is -2.32. The molecule has 0 saturated heterocycles. The van der Waals surface area contributed by atoms with Gasteiger partial charge in [0.05, 0.1) is 6.54 Å². The molecule has 0 aliphatic carbocycles. The van der Waals surface area contributed by atoms with E-state index in [-0.39, 0.29) is 17.4 Å². The zero-order valence-electron chi connectivity index (χ0n) is 14.3. The highest BCUT2D eigenvalue weighted by atomic mass is 16.5. The van der Waals surface area contributed by atoms with Crippen molar-refractivity contribution < 1.29 is 19.2 Å². The van der Waals surface area contributed by atoms with E-state index < -0.39 is 0 Å². The molecule has 0 unspecified atom stereocenters. The second kappa shape index (κ2) is 6.55. The summed E-state index contributed by atoms with van der Waals surface area (Å²) < 4.78 is 10.5. The Balaban J connectivity index is 1.72. The van der Waals surface area contributed by atoms with E-state index in [0.29, 0.717) is 25.4 Å². The maximum Gasteiger partial charge on any atom is 0.276 e. The van der Waals surface area contributed by atoms with Gasteiger partial charge in [-0.25, -0.2) is 0 Å². The smallest absolute Gasteiger partial charge is 0.276 e. The molecule has 6 nitrogen and oxygen atoms in total. The van der Waals surface area contributed by atoms with Crippen LogP contribution in [0.5, 0.6) is 11.5 Å². The minimum atomic E-state index is -0.226. The molecular formula is C20H18N2O4. The van der Waals surface area contributed by atoms with E-state index in [2.05, 4.69) is 5.16 Å². The molecule has 1 aromatic heterocycles. The standard InChI is InChI=1S/C20H18N2O4/c1-13-4-2-3-5-16(13)14-10-15-12-22(20(24)17-6-8-26-21-17)7-9-25-19(15)18(23)11-14/h2-6,8,10-11,23H,7,9,12H2,1H3. The van der Waals surface area contributed by atoms with Gasteiger partial charge in [0.2, 0.25) is 0 Å². The van der Waals surface area contributed by atoms with Crippen LogP contribution in [-0.4, -0.2) is 34.2 Å². The molecule has 2 heterocycles. The number of ether oxygens (including phenoxy) is 1. The fourth-order valence-electron chi connectivity index (χ4n) is 3.21. The molecular weight excluding hydrogens is 332 g/mol. The van der Waals surface area contributed by atoms with Crippen molar-refractivity contribution in [1.29, 1.82) is 0 Å². The normalized spacial score (nSPS) is 13.7. The molecule has 1 amide bonds. The minimum Gasteiger partial charge on any atom is -0.504 e. The Hall–Kier alpha value is -3.28. The molecule has 132 valence electrons. The maximum atomic E-state index is 12.6. The summed E-state index contributed by atoms with van der Waals surface area (Å²) in [6.07, 6.45) is 1.37. The Bertz CT molecular complexity index is 950. The number of rotatable bonds is 2. The highest BCUT2D eigenvalue weighted by Gasteiger charge is 2.25. The van der Waals surface area contributed by atoms with Crippen molar-refractivity contribution in [3.8, 4) is 22.6 Å². The van der Waals surface area contributed by atoms with Crippen LogP contribution in [-0.2, 0) is 6.54 Å². The molecule has 0 bridgehead atoms. The molecule has 6 heteroatoms. The number of hydrogen-bond acceptors (Lipinski definition) is 5. The van der Waals surface area contributed by atoms with Crippen molar-refractivity contribution in [2.24, 2.45) is 0 Å². The molecule has 0 spiro atoms. The van der Waals surface area contributed by atoms with Crippen molar-refractivity contribution in [1.82, 2.24) is 10.1 Å². The average molecular weight is 350 g/mol. The zero-order chi connectivity index (χ0) is 18.1. The van der Waals surface area contributed by atoms with Crippen LogP contribution in [0.1, 0.15) is 21.6 Å². The van der Waals surface area contributed by atoms with E-state index in [4.69, 9.17) is 9.26 Å². The van der Waals surface area contributed by atoms with Crippen LogP contribution in [0.15, 0.2) is 53.3 Å². The van der Waals surface area contributed by atoms with Crippen LogP contribution >= 0.6 is 0 Å². The van der Waals surface area contributed by atoms with Crippen molar-refractivity contribution in [3.63, 3.8) is 0 Å². The number of phenols is 1. The van der Waals surface area contributed by atoms with E-state index in [1.807, 2.05) is 37.3 Å². The molecule has 0 fully saturated rings. The largest absolute Gasteiger partial charge is 0.504 e. The molecule has 0 radical (unpaired) electrons. The fraction of sp³-hybridized carbons (Fsp3) is 0.200. The lowest BCUT2D eigenvalue weighted by Gasteiger charge is -2.18. The Labute approximate surface area is 150 Å². The van der Waals surface area contributed by atoms with E-state index in [0.717, 1.165) is 22.3 Å². The quantitative estimate of drug-likeness (QED) is 0.767. The Morgan fingerprint density at radius 2 is 2.08 bits per heavy atom. The van der Waals surface area contributed by atoms with Crippen molar-refractivity contribution in [2.45, 2.75) is 13.5 Å². The van der Waals surface area contributed by atoms with Crippen LogP contribution in [0, 0.1) is 6.92 Å². The number of nitrogens with zero attached hydrogens (tertiary/aromatic N) is 2. The topological polar surface area (TPSA) is 75.8 Å². The van der Waals surface area contributed by atoms with Crippen molar-refractivity contribution in [2.75, 3.05) is 13.2 Å². The number of aromatic nitrogens is 1. The number of benzene rings is 2. The highest BCUT2D eigenvalue weighted by molar-refractivity contribution is 5.92. The Morgan fingerprint density at radius 1 is 1.23 bits per heavy atom. The SMILES string of the molecule is Cc1ccccc1-c1cc(O)c2c(c1)CN(C(=O)c1ccon1)CCO2. The summed E-state index contributed by atoms with van der Waals surface area (Å²) in [4.78, 5) is 14.2. The number of carbonyl (C=O) groups is 1. The first-order valence-electron chi connectivity index (χ1n) is 8.38. The number of aryl methyl sites for hydroxylation is 1. The number of amides is 1. The summed E-state index contributed by atoms with van der Waals surface area (Å²) >= 11 is 0. The molecule has 3 aromatic rings. The van der Waals surface area contributed by atoms with Gasteiger partial charge in [0.15, 0.2) is 17.2 Å². The third-order valence-electron chi connectivity index (χ3n) is 4.52. The minimum absolute atomic E-state index is 0.0801. The summed E-state index contributed by atoms with van der Waals surface area (Å²) in [6.45, 7) is 3.05. The Kier molecular flexibility index (Phi) is 4.08. The summed E-state index contributed by atoms with van der Waals surface area (Å²) in [5.41, 5.74) is 4.05. The summed E-state index contributed by atoms with van der Waals surface area (Å²) in [6, 6.07) is 13.2. The van der Waals surface area contributed by atoms with Gasteiger partial charge in [-0.15, -0.1) is 0 Å². The molecule has 2 aromatic carbocycles. The van der Waals surface area contributed by atoms with Gasteiger partial charge in [0.25, 0.3) is 5.91 Å². The highest BCUT2D eigenvalue weighted by Crippen LogP contribution is 2.38. The third kappa shape index (κ3) is 2.90. The van der Waals surface area contributed by atoms with Crippen molar-refractivity contribution in [3.05, 3.63) is 65.5 Å². The number of fused-ring (bicyclic) bond motifs is 1. The lowest BCUT2D eigenvalue weighted by molar-refractivity contribution is 0.0722. The van der Waals surface area contributed by atoms with E-state index in [1.54, 1.807) is 11.0 Å². The van der Waals surface area contributed by atoms with Gasteiger partial charge in [-0.1, -0.05) is 29.4 Å². The lowest BCUT2D eigenvalue weighted by atomic mass is 9.98. The van der Waals surface area contributed by atoms with Gasteiger partial charge in [-0.2, -0.15) is 0 Å².